The van der Waals surface area contributed by atoms with Crippen LogP contribution in [0, 0.1) is 11.3 Å². The number of allylic oxidation sites excluding steroid dienone is 4. The number of piperidine rings is 1. The molecule has 0 aromatic carbocycles. The van der Waals surface area contributed by atoms with Gasteiger partial charge in [-0.3, -0.25) is 4.98 Å². The van der Waals surface area contributed by atoms with Crippen LogP contribution in [0.2, 0.25) is 0 Å². The third kappa shape index (κ3) is 3.04. The van der Waals surface area contributed by atoms with Gasteiger partial charge in [0.1, 0.15) is 5.76 Å². The number of aromatic nitrogens is 1. The van der Waals surface area contributed by atoms with Crippen molar-refractivity contribution in [3.8, 4) is 0 Å². The van der Waals surface area contributed by atoms with Gasteiger partial charge in [-0.2, -0.15) is 0 Å². The molecule has 2 aliphatic heterocycles. The lowest BCUT2D eigenvalue weighted by Crippen LogP contribution is -2.58. The molecule has 2 aliphatic carbocycles. The quantitative estimate of drug-likeness (QED) is 0.689. The van der Waals surface area contributed by atoms with Crippen molar-refractivity contribution in [2.45, 2.75) is 37.8 Å². The summed E-state index contributed by atoms with van der Waals surface area (Å²) in [5.41, 5.74) is 1.08. The number of methoxy groups -OCH3 is 1. The summed E-state index contributed by atoms with van der Waals surface area (Å²) in [4.78, 5) is 19.3. The summed E-state index contributed by atoms with van der Waals surface area (Å²) in [7, 11) is 3.86. The fourth-order valence-electron chi connectivity index (χ4n) is 5.82. The molecule has 4 aliphatic rings. The van der Waals surface area contributed by atoms with Gasteiger partial charge < -0.3 is 19.1 Å². The van der Waals surface area contributed by atoms with E-state index >= 15 is 0 Å². The van der Waals surface area contributed by atoms with Crippen LogP contribution in [0.5, 0.6) is 0 Å². The predicted molar refractivity (Wildman–Crippen MR) is 116 cm³/mol. The number of carbonyl (C=O) groups excluding carboxylic acids is 1. The van der Waals surface area contributed by atoms with Gasteiger partial charge in [-0.1, -0.05) is 12.7 Å². The highest BCUT2D eigenvalue weighted by Crippen LogP contribution is 2.61. The van der Waals surface area contributed by atoms with Gasteiger partial charge in [-0.15, -0.1) is 0 Å². The van der Waals surface area contributed by atoms with Gasteiger partial charge in [-0.05, 0) is 69.5 Å². The summed E-state index contributed by atoms with van der Waals surface area (Å²) in [5, 5.41) is 0. The molecular formula is C25H28N2O4. The van der Waals surface area contributed by atoms with Crippen LogP contribution >= 0.6 is 0 Å². The fourth-order valence-corrected chi connectivity index (χ4v) is 5.82. The second-order valence-electron chi connectivity index (χ2n) is 8.77. The third-order valence-corrected chi connectivity index (χ3v) is 7.39. The molecule has 1 spiro atoms. The minimum absolute atomic E-state index is 0.305. The van der Waals surface area contributed by atoms with Crippen LogP contribution in [0.15, 0.2) is 72.2 Å². The van der Waals surface area contributed by atoms with E-state index in [1.165, 1.54) is 6.20 Å². The maximum Gasteiger partial charge on any atom is 0.344 e. The van der Waals surface area contributed by atoms with Crippen molar-refractivity contribution >= 4 is 5.97 Å². The first-order valence-electron chi connectivity index (χ1n) is 10.9. The molecule has 3 heterocycles. The molecule has 0 N–H and O–H groups in total. The van der Waals surface area contributed by atoms with E-state index < -0.39 is 5.97 Å². The highest BCUT2D eigenvalue weighted by molar-refractivity contribution is 5.89. The van der Waals surface area contributed by atoms with Crippen molar-refractivity contribution in [3.63, 3.8) is 0 Å². The molecule has 1 aromatic heterocycles. The average molecular weight is 421 g/mol. The smallest absolute Gasteiger partial charge is 0.344 e. The van der Waals surface area contributed by atoms with Gasteiger partial charge in [-0.25, -0.2) is 4.79 Å². The van der Waals surface area contributed by atoms with E-state index in [-0.39, 0.29) is 11.5 Å². The number of ether oxygens (including phenoxy) is 3. The highest BCUT2D eigenvalue weighted by Gasteiger charge is 2.62. The summed E-state index contributed by atoms with van der Waals surface area (Å²) in [5.74, 6) is 1.86. The zero-order valence-corrected chi connectivity index (χ0v) is 18.0. The zero-order valence-electron chi connectivity index (χ0n) is 18.0. The van der Waals surface area contributed by atoms with Crippen LogP contribution in [0.3, 0.4) is 0 Å². The van der Waals surface area contributed by atoms with Crippen molar-refractivity contribution < 1.29 is 19.0 Å². The number of likely N-dealkylation sites (tertiary alicyclic amines) is 1. The number of carbonyl (C=O) groups is 1. The van der Waals surface area contributed by atoms with Gasteiger partial charge in [0, 0.05) is 29.4 Å². The van der Waals surface area contributed by atoms with Crippen molar-refractivity contribution in [1.29, 1.82) is 0 Å². The van der Waals surface area contributed by atoms with Crippen molar-refractivity contribution in [3.05, 3.63) is 77.7 Å². The van der Waals surface area contributed by atoms with Crippen molar-refractivity contribution in [1.82, 2.24) is 9.88 Å². The Balaban J connectivity index is 1.59. The summed E-state index contributed by atoms with van der Waals surface area (Å²) >= 11 is 0. The molecular weight excluding hydrogens is 392 g/mol. The largest absolute Gasteiger partial charge is 0.493 e. The molecule has 6 nitrogen and oxygen atoms in total. The lowest BCUT2D eigenvalue weighted by Gasteiger charge is -2.53. The average Bonchev–Trinajstić information content (AvgIpc) is 3.08. The summed E-state index contributed by atoms with van der Waals surface area (Å²) in [6.07, 6.45) is 12.7. The normalized spacial score (nSPS) is 35.6. The molecule has 0 saturated carbocycles. The van der Waals surface area contributed by atoms with Crippen LogP contribution in [0.25, 0.3) is 0 Å². The van der Waals surface area contributed by atoms with Gasteiger partial charge in [0.15, 0.2) is 17.6 Å². The third-order valence-electron chi connectivity index (χ3n) is 7.39. The number of nitrogens with zero attached hydrogens (tertiary/aromatic N) is 2. The maximum atomic E-state index is 12.8. The molecule has 162 valence electrons. The Hall–Kier alpha value is -2.86. The number of fused-ring (bicyclic) bond motifs is 1. The Morgan fingerprint density at radius 2 is 2.29 bits per heavy atom. The second-order valence-corrected chi connectivity index (χ2v) is 8.77. The Bertz CT molecular complexity index is 996. The molecule has 2 saturated heterocycles. The van der Waals surface area contributed by atoms with Crippen LogP contribution in [-0.4, -0.2) is 48.7 Å². The van der Waals surface area contributed by atoms with Crippen LogP contribution in [-0.2, 0) is 14.2 Å². The number of esters is 1. The Kier molecular flexibility index (Phi) is 4.97. The first kappa shape index (κ1) is 20.1. The first-order chi connectivity index (χ1) is 15.1. The van der Waals surface area contributed by atoms with Gasteiger partial charge >= 0.3 is 5.97 Å². The molecule has 4 atom stereocenters. The predicted octanol–water partition coefficient (Wildman–Crippen LogP) is 4.00. The van der Waals surface area contributed by atoms with E-state index in [0.717, 1.165) is 37.8 Å². The monoisotopic (exact) mass is 420 g/mol. The first-order valence-corrected chi connectivity index (χ1v) is 10.9. The number of hydrogen-bond acceptors (Lipinski definition) is 6. The SMILES string of the molecule is C=C1/C2=C(OC)\C=C/CCC3C4CC=C(OC(=O)c5cccnc5)C(O2)C14CCN3C. The van der Waals surface area contributed by atoms with Crippen LogP contribution in [0.1, 0.15) is 36.0 Å². The van der Waals surface area contributed by atoms with Gasteiger partial charge in [0.25, 0.3) is 0 Å². The van der Waals surface area contributed by atoms with E-state index in [2.05, 4.69) is 29.6 Å². The van der Waals surface area contributed by atoms with Crippen LogP contribution < -0.4 is 0 Å². The number of rotatable bonds is 3. The summed E-state index contributed by atoms with van der Waals surface area (Å²) < 4.78 is 18.1. The minimum Gasteiger partial charge on any atom is -0.493 e. The van der Waals surface area contributed by atoms with Gasteiger partial charge in [0.05, 0.1) is 12.7 Å². The lowest BCUT2D eigenvalue weighted by atomic mass is 9.56. The maximum absolute atomic E-state index is 12.8. The molecule has 0 radical (unpaired) electrons. The van der Waals surface area contributed by atoms with Crippen molar-refractivity contribution in [2.24, 2.45) is 11.3 Å². The molecule has 6 heteroatoms. The van der Waals surface area contributed by atoms with E-state index in [1.54, 1.807) is 25.4 Å². The molecule has 1 aromatic rings. The standard InChI is InChI=1S/C25H28N2O4/c1-16-22-20(29-3)9-5-4-8-19-18-10-11-21(30-24(28)17-7-6-13-26-15-17)23(31-22)25(16,18)12-14-27(19)2/h5-7,9,11,13,15,18-19,23H,1,4,8,10,12,14H2,2-3H3/b9-5-,22-20-. The molecule has 31 heavy (non-hydrogen) atoms. The Morgan fingerprint density at radius 3 is 3.06 bits per heavy atom. The second kappa shape index (κ2) is 7.68. The zero-order chi connectivity index (χ0) is 21.6. The highest BCUT2D eigenvalue weighted by atomic mass is 16.6. The van der Waals surface area contributed by atoms with E-state index in [9.17, 15) is 4.79 Å². The van der Waals surface area contributed by atoms with E-state index in [0.29, 0.717) is 34.8 Å². The topological polar surface area (TPSA) is 60.9 Å². The van der Waals surface area contributed by atoms with E-state index in [1.807, 2.05) is 12.2 Å². The molecule has 0 amide bonds. The minimum atomic E-state index is -0.416. The molecule has 4 unspecified atom stereocenters. The lowest BCUT2D eigenvalue weighted by molar-refractivity contribution is -0.0546. The Labute approximate surface area is 182 Å². The Morgan fingerprint density at radius 1 is 1.42 bits per heavy atom. The fraction of sp³-hybridized carbons (Fsp3) is 0.440. The van der Waals surface area contributed by atoms with Crippen LogP contribution in [0.4, 0.5) is 0 Å². The molecule has 5 rings (SSSR count). The van der Waals surface area contributed by atoms with Gasteiger partial charge in [0.2, 0.25) is 0 Å². The molecule has 3 bridgehead atoms. The van der Waals surface area contributed by atoms with Crippen molar-refractivity contribution in [2.75, 3.05) is 20.7 Å². The number of hydrogen-bond donors (Lipinski definition) is 0. The summed E-state index contributed by atoms with van der Waals surface area (Å²) in [6.45, 7) is 5.46. The summed E-state index contributed by atoms with van der Waals surface area (Å²) in [6, 6.07) is 3.85. The number of pyridine rings is 1. The van der Waals surface area contributed by atoms with E-state index in [4.69, 9.17) is 14.2 Å². The molecule has 2 fully saturated rings.